The molecule has 4 N–H and O–H groups in total. The summed E-state index contributed by atoms with van der Waals surface area (Å²) in [5.41, 5.74) is 1.06. The monoisotopic (exact) mass is 704 g/mol. The van der Waals surface area contributed by atoms with Crippen LogP contribution in [0.15, 0.2) is 158 Å². The third-order valence-electron chi connectivity index (χ3n) is 6.11. The van der Waals surface area contributed by atoms with Gasteiger partial charge in [0.1, 0.15) is 22.8 Å². The average molecular weight is 705 g/mol. The van der Waals surface area contributed by atoms with Gasteiger partial charge in [0.15, 0.2) is 0 Å². The SMILES string of the molecule is O=C([O-])c1ccccc1.O=C([O-])c1ccccc1.OC(O)(c1ccccn1)c1ccccn1.OC(O)(c1ccccn1)c1ccccn1.[Ni+2]. The van der Waals surface area contributed by atoms with E-state index in [1.54, 1.807) is 84.9 Å². The van der Waals surface area contributed by atoms with Crippen LogP contribution in [0.25, 0.3) is 0 Å². The van der Waals surface area contributed by atoms with Crippen LogP contribution >= 0.6 is 0 Å². The molecule has 0 aliphatic rings. The van der Waals surface area contributed by atoms with Crippen molar-refractivity contribution in [2.45, 2.75) is 11.6 Å². The zero-order chi connectivity index (χ0) is 34.8. The Labute approximate surface area is 291 Å². The van der Waals surface area contributed by atoms with Crippen molar-refractivity contribution in [3.8, 4) is 0 Å². The number of hydrogen-bond acceptors (Lipinski definition) is 12. The first-order valence-electron chi connectivity index (χ1n) is 14.1. The minimum Gasteiger partial charge on any atom is -0.545 e. The van der Waals surface area contributed by atoms with Crippen molar-refractivity contribution in [3.63, 3.8) is 0 Å². The molecule has 4 heterocycles. The van der Waals surface area contributed by atoms with Gasteiger partial charge in [-0.3, -0.25) is 19.9 Å². The Kier molecular flexibility index (Phi) is 16.0. The number of aliphatic hydroxyl groups is 4. The van der Waals surface area contributed by atoms with E-state index in [-0.39, 0.29) is 50.4 Å². The molecule has 49 heavy (non-hydrogen) atoms. The van der Waals surface area contributed by atoms with E-state index in [1.807, 2.05) is 0 Å². The molecule has 6 aromatic rings. The normalized spacial score (nSPS) is 10.2. The van der Waals surface area contributed by atoms with Crippen LogP contribution < -0.4 is 10.2 Å². The number of hydrogen-bond donors (Lipinski definition) is 4. The van der Waals surface area contributed by atoms with Gasteiger partial charge in [0, 0.05) is 24.8 Å². The number of carbonyl (C=O) groups excluding carboxylic acids is 2. The molecular formula is C36H30N4NiO8. The number of pyridine rings is 4. The van der Waals surface area contributed by atoms with Gasteiger partial charge < -0.3 is 40.2 Å². The van der Waals surface area contributed by atoms with Crippen LogP contribution in [0, 0.1) is 0 Å². The fourth-order valence-electron chi connectivity index (χ4n) is 3.69. The molecule has 0 spiro atoms. The minimum atomic E-state index is -2.14. The molecule has 0 bridgehead atoms. The minimum absolute atomic E-state index is 0. The van der Waals surface area contributed by atoms with Gasteiger partial charge in [0.05, 0.1) is 11.9 Å². The fourth-order valence-corrected chi connectivity index (χ4v) is 3.69. The van der Waals surface area contributed by atoms with Crippen LogP contribution in [0.5, 0.6) is 0 Å². The van der Waals surface area contributed by atoms with E-state index < -0.39 is 23.5 Å². The number of carbonyl (C=O) groups is 2. The Balaban J connectivity index is 0.000000232. The average Bonchev–Trinajstić information content (AvgIpc) is 3.14. The van der Waals surface area contributed by atoms with Gasteiger partial charge in [0.2, 0.25) is 0 Å². The molecule has 2 aromatic carbocycles. The second-order valence-corrected chi connectivity index (χ2v) is 9.51. The quantitative estimate of drug-likeness (QED) is 0.143. The van der Waals surface area contributed by atoms with Crippen molar-refractivity contribution < 1.29 is 56.7 Å². The number of aromatic nitrogens is 4. The summed E-state index contributed by atoms with van der Waals surface area (Å²) in [4.78, 5) is 35.7. The summed E-state index contributed by atoms with van der Waals surface area (Å²) in [6, 6.07) is 35.8. The van der Waals surface area contributed by atoms with Crippen molar-refractivity contribution in [3.05, 3.63) is 192 Å². The van der Waals surface area contributed by atoms with Crippen molar-refractivity contribution in [1.29, 1.82) is 0 Å². The molecular weight excluding hydrogens is 675 g/mol. The molecule has 0 saturated heterocycles. The van der Waals surface area contributed by atoms with Gasteiger partial charge in [-0.1, -0.05) is 84.9 Å². The second kappa shape index (κ2) is 19.9. The Bertz CT molecular complexity index is 1590. The third-order valence-corrected chi connectivity index (χ3v) is 6.11. The van der Waals surface area contributed by atoms with E-state index in [4.69, 9.17) is 0 Å². The zero-order valence-electron chi connectivity index (χ0n) is 25.5. The Morgan fingerprint density at radius 1 is 0.408 bits per heavy atom. The van der Waals surface area contributed by atoms with Crippen molar-refractivity contribution >= 4 is 11.9 Å². The van der Waals surface area contributed by atoms with Gasteiger partial charge >= 0.3 is 16.5 Å². The number of nitrogens with zero attached hydrogens (tertiary/aromatic N) is 4. The molecule has 4 aromatic heterocycles. The van der Waals surface area contributed by atoms with Crippen molar-refractivity contribution in [1.82, 2.24) is 19.9 Å². The maximum absolute atomic E-state index is 10.1. The molecule has 0 aliphatic carbocycles. The largest absolute Gasteiger partial charge is 2.00 e. The standard InChI is InChI=1S/2C11H10N2O2.2C7H6O2.Ni/c2*14-11(15,9-5-1-3-7-12-9)10-6-2-4-8-13-10;2*8-7(9)6-4-2-1-3-5-6;/h2*1-8,14-15H;2*1-5H,(H,8,9);/q;;;;+2/p-2. The maximum Gasteiger partial charge on any atom is 2.00 e. The number of aromatic carboxylic acids is 2. The molecule has 0 aliphatic heterocycles. The Morgan fingerprint density at radius 3 is 0.796 bits per heavy atom. The first kappa shape index (κ1) is 39.5. The van der Waals surface area contributed by atoms with E-state index >= 15 is 0 Å². The third kappa shape index (κ3) is 12.5. The molecule has 0 amide bonds. The van der Waals surface area contributed by atoms with Crippen LogP contribution in [0.3, 0.4) is 0 Å². The van der Waals surface area contributed by atoms with Gasteiger partial charge in [0.25, 0.3) is 11.6 Å². The first-order valence-corrected chi connectivity index (χ1v) is 14.1. The molecule has 252 valence electrons. The van der Waals surface area contributed by atoms with Crippen LogP contribution in [0.4, 0.5) is 0 Å². The number of carboxylic acids is 2. The second-order valence-electron chi connectivity index (χ2n) is 9.51. The Hall–Kier alpha value is -5.69. The first-order chi connectivity index (χ1) is 23.0. The van der Waals surface area contributed by atoms with E-state index in [9.17, 15) is 40.2 Å². The van der Waals surface area contributed by atoms with Gasteiger partial charge in [-0.05, 0) is 59.7 Å². The molecule has 0 fully saturated rings. The van der Waals surface area contributed by atoms with Crippen LogP contribution in [0.2, 0.25) is 0 Å². The van der Waals surface area contributed by atoms with Crippen molar-refractivity contribution in [2.75, 3.05) is 0 Å². The summed E-state index contributed by atoms with van der Waals surface area (Å²) < 4.78 is 0. The van der Waals surface area contributed by atoms with E-state index in [2.05, 4.69) is 19.9 Å². The Morgan fingerprint density at radius 2 is 0.633 bits per heavy atom. The molecule has 0 atom stereocenters. The summed E-state index contributed by atoms with van der Waals surface area (Å²) in [5.74, 6) is -6.53. The summed E-state index contributed by atoms with van der Waals surface area (Å²) in [6.45, 7) is 0. The molecule has 0 saturated carbocycles. The molecule has 6 rings (SSSR count). The molecule has 13 heteroatoms. The molecule has 0 unspecified atom stereocenters. The van der Waals surface area contributed by atoms with Crippen molar-refractivity contribution in [2.24, 2.45) is 0 Å². The summed E-state index contributed by atoms with van der Waals surface area (Å²) >= 11 is 0. The van der Waals surface area contributed by atoms with Crippen LogP contribution in [-0.4, -0.2) is 52.3 Å². The predicted molar refractivity (Wildman–Crippen MR) is 169 cm³/mol. The van der Waals surface area contributed by atoms with Crippen LogP contribution in [-0.2, 0) is 28.1 Å². The maximum atomic E-state index is 10.1. The summed E-state index contributed by atoms with van der Waals surface area (Å²) in [7, 11) is 0. The fraction of sp³-hybridized carbons (Fsp3) is 0.0556. The number of benzene rings is 2. The smallest absolute Gasteiger partial charge is 0.545 e. The van der Waals surface area contributed by atoms with E-state index in [0.29, 0.717) is 0 Å². The molecule has 12 nitrogen and oxygen atoms in total. The summed E-state index contributed by atoms with van der Waals surface area (Å²) in [6.07, 6.45) is 6.00. The van der Waals surface area contributed by atoms with Gasteiger partial charge in [-0.15, -0.1) is 0 Å². The number of rotatable bonds is 6. The molecule has 0 radical (unpaired) electrons. The van der Waals surface area contributed by atoms with E-state index in [1.165, 1.54) is 73.3 Å². The summed E-state index contributed by atoms with van der Waals surface area (Å²) in [5, 5.41) is 59.7. The van der Waals surface area contributed by atoms with E-state index in [0.717, 1.165) is 0 Å². The van der Waals surface area contributed by atoms with Crippen LogP contribution in [0.1, 0.15) is 43.5 Å². The van der Waals surface area contributed by atoms with Gasteiger partial charge in [-0.25, -0.2) is 0 Å². The number of carboxylic acid groups (broad SMARTS) is 2. The van der Waals surface area contributed by atoms with Gasteiger partial charge in [-0.2, -0.15) is 0 Å². The zero-order valence-corrected chi connectivity index (χ0v) is 26.5. The topological polar surface area (TPSA) is 213 Å². The predicted octanol–water partition coefficient (Wildman–Crippen LogP) is 1.42.